The van der Waals surface area contributed by atoms with Crippen LogP contribution in [-0.2, 0) is 14.3 Å². The van der Waals surface area contributed by atoms with Crippen LogP contribution in [0.3, 0.4) is 0 Å². The van der Waals surface area contributed by atoms with Gasteiger partial charge in [-0.15, -0.1) is 0 Å². The Hall–Kier alpha value is -0.820. The maximum absolute atomic E-state index is 11.7. The van der Waals surface area contributed by atoms with Gasteiger partial charge in [0.1, 0.15) is 6.61 Å². The molecule has 0 aromatic heterocycles. The van der Waals surface area contributed by atoms with Crippen LogP contribution >= 0.6 is 0 Å². The van der Waals surface area contributed by atoms with Crippen molar-refractivity contribution in [1.82, 2.24) is 5.32 Å². The Morgan fingerprint density at radius 1 is 1.28 bits per heavy atom. The Bertz CT molecular complexity index is 232. The number of hydrogen-bond donors (Lipinski definition) is 1. The number of halogens is 3. The summed E-state index contributed by atoms with van der Waals surface area (Å²) in [6, 6.07) is 0. The van der Waals surface area contributed by atoms with E-state index >= 15 is 0 Å². The van der Waals surface area contributed by atoms with Gasteiger partial charge in [-0.3, -0.25) is 4.79 Å². The molecule has 0 radical (unpaired) electrons. The molecule has 0 aliphatic heterocycles. The van der Waals surface area contributed by atoms with Crippen LogP contribution in [-0.4, -0.2) is 44.6 Å². The highest BCUT2D eigenvalue weighted by Gasteiger charge is 2.27. The third-order valence-corrected chi connectivity index (χ3v) is 1.83. The average Bonchev–Trinajstić information content (AvgIpc) is 2.21. The van der Waals surface area contributed by atoms with Gasteiger partial charge in [0.15, 0.2) is 0 Å². The van der Waals surface area contributed by atoms with Crippen molar-refractivity contribution in [2.24, 2.45) is 0 Å². The molecule has 7 heteroatoms. The van der Waals surface area contributed by atoms with Crippen LogP contribution in [0, 0.1) is 0 Å². The number of carbonyl (C=O) groups is 1. The van der Waals surface area contributed by atoms with Gasteiger partial charge in [-0.25, -0.2) is 0 Å². The van der Waals surface area contributed by atoms with Gasteiger partial charge in [-0.2, -0.15) is 13.2 Å². The Labute approximate surface area is 105 Å². The highest BCUT2D eigenvalue weighted by molar-refractivity contribution is 5.75. The first-order valence-electron chi connectivity index (χ1n) is 5.84. The second kappa shape index (κ2) is 9.16. The smallest absolute Gasteiger partial charge is 0.378 e. The largest absolute Gasteiger partial charge is 0.411 e. The number of rotatable bonds is 9. The number of alkyl halides is 3. The molecule has 18 heavy (non-hydrogen) atoms. The minimum absolute atomic E-state index is 0.0255. The third kappa shape index (κ3) is 13.2. The van der Waals surface area contributed by atoms with E-state index in [2.05, 4.69) is 10.1 Å². The zero-order valence-corrected chi connectivity index (χ0v) is 10.7. The first-order chi connectivity index (χ1) is 8.31. The topological polar surface area (TPSA) is 47.6 Å². The van der Waals surface area contributed by atoms with Gasteiger partial charge in [0.25, 0.3) is 0 Å². The SMILES string of the molecule is CC(C)OCCC(=O)NCCCOCC(F)(F)F. The van der Waals surface area contributed by atoms with E-state index in [-0.39, 0.29) is 25.0 Å². The van der Waals surface area contributed by atoms with E-state index in [0.717, 1.165) is 0 Å². The molecule has 0 spiro atoms. The molecule has 1 amide bonds. The maximum Gasteiger partial charge on any atom is 0.411 e. The van der Waals surface area contributed by atoms with E-state index in [1.165, 1.54) is 0 Å². The maximum atomic E-state index is 11.7. The second-order valence-electron chi connectivity index (χ2n) is 4.04. The van der Waals surface area contributed by atoms with Crippen LogP contribution in [0.2, 0.25) is 0 Å². The molecule has 0 aliphatic rings. The van der Waals surface area contributed by atoms with Gasteiger partial charge < -0.3 is 14.8 Å². The lowest BCUT2D eigenvalue weighted by molar-refractivity contribution is -0.174. The lowest BCUT2D eigenvalue weighted by atomic mass is 10.4. The van der Waals surface area contributed by atoms with Crippen molar-refractivity contribution < 1.29 is 27.4 Å². The molecule has 0 rings (SSSR count). The van der Waals surface area contributed by atoms with Gasteiger partial charge in [-0.1, -0.05) is 0 Å². The molecule has 0 aromatic rings. The molecule has 0 bridgehead atoms. The van der Waals surface area contributed by atoms with Crippen molar-refractivity contribution in [1.29, 1.82) is 0 Å². The van der Waals surface area contributed by atoms with Crippen LogP contribution < -0.4 is 5.32 Å². The summed E-state index contributed by atoms with van der Waals surface area (Å²) in [5.74, 6) is -0.175. The summed E-state index contributed by atoms with van der Waals surface area (Å²) in [4.78, 5) is 11.2. The van der Waals surface area contributed by atoms with Crippen LogP contribution in [0.1, 0.15) is 26.7 Å². The van der Waals surface area contributed by atoms with E-state index in [1.54, 1.807) is 0 Å². The number of carbonyl (C=O) groups excluding carboxylic acids is 1. The summed E-state index contributed by atoms with van der Waals surface area (Å²) in [7, 11) is 0. The standard InChI is InChI=1S/C11H20F3NO3/c1-9(2)18-7-4-10(16)15-5-3-6-17-8-11(12,13)14/h9H,3-8H2,1-2H3,(H,15,16). The monoisotopic (exact) mass is 271 g/mol. The summed E-state index contributed by atoms with van der Waals surface area (Å²) in [5.41, 5.74) is 0. The first-order valence-corrected chi connectivity index (χ1v) is 5.84. The molecule has 1 N–H and O–H groups in total. The van der Waals surface area contributed by atoms with Crippen molar-refractivity contribution >= 4 is 5.91 Å². The molecule has 0 aromatic carbocycles. The Kier molecular flexibility index (Phi) is 8.74. The predicted molar refractivity (Wildman–Crippen MR) is 60.2 cm³/mol. The van der Waals surface area contributed by atoms with Crippen molar-refractivity contribution in [2.45, 2.75) is 39.0 Å². The van der Waals surface area contributed by atoms with Gasteiger partial charge in [-0.05, 0) is 20.3 Å². The summed E-state index contributed by atoms with van der Waals surface area (Å²) >= 11 is 0. The fourth-order valence-electron chi connectivity index (χ4n) is 1.07. The van der Waals surface area contributed by atoms with E-state index in [1.807, 2.05) is 13.8 Å². The minimum Gasteiger partial charge on any atom is -0.378 e. The fraction of sp³-hybridized carbons (Fsp3) is 0.909. The number of nitrogens with one attached hydrogen (secondary N) is 1. The molecule has 0 unspecified atom stereocenters. The van der Waals surface area contributed by atoms with Gasteiger partial charge >= 0.3 is 6.18 Å². The fourth-order valence-corrected chi connectivity index (χ4v) is 1.07. The molecule has 4 nitrogen and oxygen atoms in total. The molecular weight excluding hydrogens is 251 g/mol. The summed E-state index contributed by atoms with van der Waals surface area (Å²) < 4.78 is 44.6. The minimum atomic E-state index is -4.29. The van der Waals surface area contributed by atoms with Crippen LogP contribution in [0.25, 0.3) is 0 Å². The van der Waals surface area contributed by atoms with Gasteiger partial charge in [0, 0.05) is 19.6 Å². The summed E-state index contributed by atoms with van der Waals surface area (Å²) in [6.07, 6.45) is -3.61. The number of hydrogen-bond acceptors (Lipinski definition) is 3. The summed E-state index contributed by atoms with van der Waals surface area (Å²) in [5, 5.41) is 2.57. The van der Waals surface area contributed by atoms with Crippen molar-refractivity contribution in [3.8, 4) is 0 Å². The van der Waals surface area contributed by atoms with Gasteiger partial charge in [0.2, 0.25) is 5.91 Å². The Balaban J connectivity index is 3.30. The van der Waals surface area contributed by atoms with E-state index in [9.17, 15) is 18.0 Å². The van der Waals surface area contributed by atoms with Crippen molar-refractivity contribution in [3.05, 3.63) is 0 Å². The molecule has 0 heterocycles. The third-order valence-electron chi connectivity index (χ3n) is 1.83. The van der Waals surface area contributed by atoms with E-state index in [4.69, 9.17) is 4.74 Å². The van der Waals surface area contributed by atoms with Crippen molar-refractivity contribution in [2.75, 3.05) is 26.4 Å². The quantitative estimate of drug-likeness (QED) is 0.651. The zero-order valence-electron chi connectivity index (χ0n) is 10.7. The molecule has 0 atom stereocenters. The molecule has 0 saturated carbocycles. The van der Waals surface area contributed by atoms with Crippen LogP contribution in [0.5, 0.6) is 0 Å². The van der Waals surface area contributed by atoms with Crippen LogP contribution in [0.4, 0.5) is 13.2 Å². The van der Waals surface area contributed by atoms with E-state index in [0.29, 0.717) is 19.6 Å². The average molecular weight is 271 g/mol. The lowest BCUT2D eigenvalue weighted by Crippen LogP contribution is -2.27. The normalized spacial score (nSPS) is 11.9. The molecule has 0 saturated heterocycles. The highest BCUT2D eigenvalue weighted by atomic mass is 19.4. The number of ether oxygens (including phenoxy) is 2. The Morgan fingerprint density at radius 3 is 2.50 bits per heavy atom. The molecule has 0 aliphatic carbocycles. The first kappa shape index (κ1) is 17.2. The van der Waals surface area contributed by atoms with Crippen molar-refractivity contribution in [3.63, 3.8) is 0 Å². The molecule has 0 fully saturated rings. The van der Waals surface area contributed by atoms with E-state index < -0.39 is 12.8 Å². The highest BCUT2D eigenvalue weighted by Crippen LogP contribution is 2.14. The summed E-state index contributed by atoms with van der Waals surface area (Å²) in [6.45, 7) is 3.11. The second-order valence-corrected chi connectivity index (χ2v) is 4.04. The Morgan fingerprint density at radius 2 is 1.94 bits per heavy atom. The molecular formula is C11H20F3NO3. The predicted octanol–water partition coefficient (Wildman–Crippen LogP) is 1.89. The van der Waals surface area contributed by atoms with Crippen LogP contribution in [0.15, 0.2) is 0 Å². The van der Waals surface area contributed by atoms with Gasteiger partial charge in [0.05, 0.1) is 12.7 Å². The zero-order chi connectivity index (χ0) is 14.0. The molecule has 108 valence electrons. The number of amides is 1. The lowest BCUT2D eigenvalue weighted by Gasteiger charge is -2.09.